The average Bonchev–Trinajstić information content (AvgIpc) is 2.96. The Morgan fingerprint density at radius 3 is 3.04 bits per heavy atom. The van der Waals surface area contributed by atoms with E-state index in [1.165, 1.54) is 0 Å². The van der Waals surface area contributed by atoms with Gasteiger partial charge in [0.2, 0.25) is 0 Å². The number of fused-ring (bicyclic) bond motifs is 2. The van der Waals surface area contributed by atoms with E-state index in [1.807, 2.05) is 13.0 Å². The van der Waals surface area contributed by atoms with Gasteiger partial charge in [0.15, 0.2) is 5.69 Å². The molecule has 2 aliphatic rings. The molecule has 0 fully saturated rings. The number of benzene rings is 1. The second-order valence-electron chi connectivity index (χ2n) is 8.15. The van der Waals surface area contributed by atoms with E-state index in [-0.39, 0.29) is 17.6 Å². The first kappa shape index (κ1) is 17.1. The molecular formula is C20H26N4O2. The number of carbonyl (C=O) groups excluding carboxylic acids is 1. The first-order valence-corrected chi connectivity index (χ1v) is 9.17. The molecule has 2 aromatic rings. The van der Waals surface area contributed by atoms with Crippen LogP contribution < -0.4 is 10.1 Å². The van der Waals surface area contributed by atoms with Crippen molar-refractivity contribution in [2.75, 3.05) is 13.6 Å². The summed E-state index contributed by atoms with van der Waals surface area (Å²) in [4.78, 5) is 15.2. The first-order valence-electron chi connectivity index (χ1n) is 9.17. The highest BCUT2D eigenvalue weighted by molar-refractivity contribution is 5.94. The van der Waals surface area contributed by atoms with Crippen LogP contribution >= 0.6 is 0 Å². The minimum atomic E-state index is -0.329. The highest BCUT2D eigenvalue weighted by atomic mass is 16.5. The van der Waals surface area contributed by atoms with Gasteiger partial charge < -0.3 is 15.0 Å². The summed E-state index contributed by atoms with van der Waals surface area (Å²) in [6, 6.07) is 6.07. The Morgan fingerprint density at radius 2 is 2.23 bits per heavy atom. The highest BCUT2D eigenvalue weighted by Crippen LogP contribution is 2.40. The van der Waals surface area contributed by atoms with Crippen LogP contribution in [0.4, 0.5) is 0 Å². The number of amides is 1. The summed E-state index contributed by atoms with van der Waals surface area (Å²) in [6.45, 7) is 7.90. The molecule has 2 N–H and O–H groups in total. The molecule has 26 heavy (non-hydrogen) atoms. The van der Waals surface area contributed by atoms with E-state index in [9.17, 15) is 4.79 Å². The first-order chi connectivity index (χ1) is 12.3. The van der Waals surface area contributed by atoms with E-state index < -0.39 is 0 Å². The number of aryl methyl sites for hydroxylation is 1. The molecule has 4 rings (SSSR count). The predicted octanol–water partition coefficient (Wildman–Crippen LogP) is 2.74. The number of rotatable bonds is 2. The topological polar surface area (TPSA) is 70.2 Å². The maximum Gasteiger partial charge on any atom is 0.272 e. The third-order valence-corrected chi connectivity index (χ3v) is 5.27. The molecule has 1 amide bonds. The molecule has 0 unspecified atom stereocenters. The summed E-state index contributed by atoms with van der Waals surface area (Å²) in [5.41, 5.74) is 4.47. The number of nitrogens with one attached hydrogen (secondary N) is 2. The van der Waals surface area contributed by atoms with E-state index >= 15 is 0 Å². The fourth-order valence-corrected chi connectivity index (χ4v) is 3.93. The maximum atomic E-state index is 13.0. The number of aromatic nitrogens is 2. The standard InChI is InChI=1S/C20H26N4O2/c1-12-5-6-13-16(10-20(2,3)26-17(13)9-12)21-19(25)18-14-11-24(4)8-7-15(14)22-23-18/h5-6,9,16H,7-8,10-11H2,1-4H3,(H,21,25)(H,22,23)/t16-/m0/s1. The van der Waals surface area contributed by atoms with Crippen molar-refractivity contribution in [1.29, 1.82) is 0 Å². The van der Waals surface area contributed by atoms with Crippen molar-refractivity contribution in [2.24, 2.45) is 0 Å². The van der Waals surface area contributed by atoms with E-state index in [0.717, 1.165) is 54.1 Å². The molecule has 0 radical (unpaired) electrons. The van der Waals surface area contributed by atoms with Crippen LogP contribution in [0.1, 0.15) is 59.2 Å². The Morgan fingerprint density at radius 1 is 1.42 bits per heavy atom. The normalized spacial score (nSPS) is 21.5. The van der Waals surface area contributed by atoms with E-state index in [2.05, 4.69) is 53.4 Å². The van der Waals surface area contributed by atoms with Crippen LogP contribution in [-0.2, 0) is 13.0 Å². The van der Waals surface area contributed by atoms with Crippen molar-refractivity contribution in [2.45, 2.75) is 51.8 Å². The predicted molar refractivity (Wildman–Crippen MR) is 99.3 cm³/mol. The second kappa shape index (κ2) is 6.13. The molecule has 0 saturated heterocycles. The van der Waals surface area contributed by atoms with Gasteiger partial charge in [-0.1, -0.05) is 12.1 Å². The number of likely N-dealkylation sites (N-methyl/N-ethyl adjacent to an activating group) is 1. The number of aromatic amines is 1. The number of ether oxygens (including phenoxy) is 1. The van der Waals surface area contributed by atoms with Gasteiger partial charge in [0.05, 0.1) is 6.04 Å². The van der Waals surface area contributed by atoms with E-state index in [4.69, 9.17) is 4.74 Å². The monoisotopic (exact) mass is 354 g/mol. The minimum Gasteiger partial charge on any atom is -0.487 e. The summed E-state index contributed by atoms with van der Waals surface area (Å²) in [5.74, 6) is 0.738. The van der Waals surface area contributed by atoms with Gasteiger partial charge in [-0.2, -0.15) is 5.10 Å². The second-order valence-corrected chi connectivity index (χ2v) is 8.15. The maximum absolute atomic E-state index is 13.0. The van der Waals surface area contributed by atoms with Crippen LogP contribution in [0.3, 0.4) is 0 Å². The molecule has 138 valence electrons. The quantitative estimate of drug-likeness (QED) is 0.870. The smallest absolute Gasteiger partial charge is 0.272 e. The Balaban J connectivity index is 1.62. The molecule has 6 heteroatoms. The van der Waals surface area contributed by atoms with Crippen molar-refractivity contribution in [3.8, 4) is 5.75 Å². The molecular weight excluding hydrogens is 328 g/mol. The highest BCUT2D eigenvalue weighted by Gasteiger charge is 2.35. The van der Waals surface area contributed by atoms with Crippen molar-refractivity contribution in [3.63, 3.8) is 0 Å². The van der Waals surface area contributed by atoms with Crippen LogP contribution in [0.5, 0.6) is 5.75 Å². The van der Waals surface area contributed by atoms with Gasteiger partial charge >= 0.3 is 0 Å². The molecule has 0 saturated carbocycles. The average molecular weight is 354 g/mol. The molecule has 3 heterocycles. The molecule has 2 aliphatic heterocycles. The number of carbonyl (C=O) groups is 1. The Kier molecular flexibility index (Phi) is 4.03. The third kappa shape index (κ3) is 3.09. The van der Waals surface area contributed by atoms with Crippen molar-refractivity contribution in [3.05, 3.63) is 46.3 Å². The van der Waals surface area contributed by atoms with E-state index in [0.29, 0.717) is 5.69 Å². The molecule has 0 spiro atoms. The van der Waals surface area contributed by atoms with Crippen LogP contribution in [-0.4, -0.2) is 40.2 Å². The SMILES string of the molecule is Cc1ccc2c(c1)OC(C)(C)C[C@@H]2NC(=O)c1n[nH]c2c1CN(C)CC2. The van der Waals surface area contributed by atoms with Crippen LogP contribution in [0, 0.1) is 6.92 Å². The van der Waals surface area contributed by atoms with Gasteiger partial charge in [-0.15, -0.1) is 0 Å². The summed E-state index contributed by atoms with van der Waals surface area (Å²) < 4.78 is 6.13. The molecule has 0 aliphatic carbocycles. The number of H-pyrrole nitrogens is 1. The van der Waals surface area contributed by atoms with Crippen LogP contribution in [0.25, 0.3) is 0 Å². The fraction of sp³-hybridized carbons (Fsp3) is 0.500. The minimum absolute atomic E-state index is 0.0875. The van der Waals surface area contributed by atoms with Gasteiger partial charge in [0.25, 0.3) is 5.91 Å². The summed E-state index contributed by atoms with van der Waals surface area (Å²) in [6.07, 6.45) is 1.62. The lowest BCUT2D eigenvalue weighted by Crippen LogP contribution is -2.41. The molecule has 6 nitrogen and oxygen atoms in total. The Labute approximate surface area is 153 Å². The lowest BCUT2D eigenvalue weighted by molar-refractivity contribution is 0.0617. The van der Waals surface area contributed by atoms with E-state index in [1.54, 1.807) is 0 Å². The molecule has 1 aromatic carbocycles. The van der Waals surface area contributed by atoms with Gasteiger partial charge in [-0.05, 0) is 39.4 Å². The molecule has 1 atom stereocenters. The number of hydrogen-bond donors (Lipinski definition) is 2. The van der Waals surface area contributed by atoms with Crippen molar-refractivity contribution >= 4 is 5.91 Å². The Hall–Kier alpha value is -2.34. The number of hydrogen-bond acceptors (Lipinski definition) is 4. The van der Waals surface area contributed by atoms with Gasteiger partial charge in [0, 0.05) is 42.8 Å². The van der Waals surface area contributed by atoms with Gasteiger partial charge in [-0.25, -0.2) is 0 Å². The van der Waals surface area contributed by atoms with Crippen LogP contribution in [0.15, 0.2) is 18.2 Å². The van der Waals surface area contributed by atoms with Gasteiger partial charge in [-0.3, -0.25) is 9.89 Å². The third-order valence-electron chi connectivity index (χ3n) is 5.27. The van der Waals surface area contributed by atoms with Crippen LogP contribution in [0.2, 0.25) is 0 Å². The fourth-order valence-electron chi connectivity index (χ4n) is 3.93. The lowest BCUT2D eigenvalue weighted by atomic mass is 9.89. The lowest BCUT2D eigenvalue weighted by Gasteiger charge is -2.38. The zero-order chi connectivity index (χ0) is 18.5. The van der Waals surface area contributed by atoms with Crippen molar-refractivity contribution in [1.82, 2.24) is 20.4 Å². The van der Waals surface area contributed by atoms with Crippen molar-refractivity contribution < 1.29 is 9.53 Å². The van der Waals surface area contributed by atoms with Gasteiger partial charge in [0.1, 0.15) is 11.4 Å². The Bertz CT molecular complexity index is 855. The zero-order valence-corrected chi connectivity index (χ0v) is 15.8. The zero-order valence-electron chi connectivity index (χ0n) is 15.8. The molecule has 1 aromatic heterocycles. The summed E-state index contributed by atoms with van der Waals surface area (Å²) >= 11 is 0. The largest absolute Gasteiger partial charge is 0.487 e. The summed E-state index contributed by atoms with van der Waals surface area (Å²) in [7, 11) is 2.07. The summed E-state index contributed by atoms with van der Waals surface area (Å²) in [5, 5.41) is 10.6. The molecule has 0 bridgehead atoms. The number of nitrogens with zero attached hydrogens (tertiary/aromatic N) is 2.